The zero-order valence-electron chi connectivity index (χ0n) is 10.2. The van der Waals surface area contributed by atoms with Crippen LogP contribution in [0.3, 0.4) is 0 Å². The lowest BCUT2D eigenvalue weighted by atomic mass is 9.85. The molecule has 0 amide bonds. The minimum atomic E-state index is -0.728. The van der Waals surface area contributed by atoms with Crippen LogP contribution in [0.2, 0.25) is 0 Å². The molecule has 1 unspecified atom stereocenters. The highest BCUT2D eigenvalue weighted by molar-refractivity contribution is 14.0. The van der Waals surface area contributed by atoms with Crippen LogP contribution in [-0.2, 0) is 0 Å². The third-order valence-corrected chi connectivity index (χ3v) is 3.10. The van der Waals surface area contributed by atoms with Crippen molar-refractivity contribution >= 4 is 29.9 Å². The summed E-state index contributed by atoms with van der Waals surface area (Å²) in [5.74, 6) is 1.64. The van der Waals surface area contributed by atoms with Crippen molar-refractivity contribution in [3.05, 3.63) is 24.2 Å². The van der Waals surface area contributed by atoms with E-state index in [0.717, 1.165) is 12.5 Å². The lowest BCUT2D eigenvalue weighted by molar-refractivity contribution is 0.158. The van der Waals surface area contributed by atoms with Crippen LogP contribution in [0, 0.1) is 5.92 Å². The van der Waals surface area contributed by atoms with Crippen LogP contribution in [0.4, 0.5) is 0 Å². The Morgan fingerprint density at radius 3 is 2.94 bits per heavy atom. The van der Waals surface area contributed by atoms with Crippen LogP contribution >= 0.6 is 24.0 Å². The van der Waals surface area contributed by atoms with E-state index in [1.807, 2.05) is 0 Å². The summed E-state index contributed by atoms with van der Waals surface area (Å²) in [5, 5.41) is 12.8. The van der Waals surface area contributed by atoms with Crippen LogP contribution in [0.1, 0.15) is 31.1 Å². The zero-order chi connectivity index (χ0) is 12.1. The van der Waals surface area contributed by atoms with Gasteiger partial charge < -0.3 is 20.6 Å². The minimum Gasteiger partial charge on any atom is -0.467 e. The Labute approximate surface area is 124 Å². The Kier molecular flexibility index (Phi) is 6.48. The predicted octanol–water partition coefficient (Wildman–Crippen LogP) is 1.64. The number of hydrogen-bond acceptors (Lipinski definition) is 3. The number of nitrogens with zero attached hydrogens (tertiary/aromatic N) is 1. The van der Waals surface area contributed by atoms with E-state index >= 15 is 0 Å². The number of aliphatic hydroxyl groups excluding tert-OH is 1. The van der Waals surface area contributed by atoms with Gasteiger partial charge in [-0.15, -0.1) is 24.0 Å². The molecule has 1 aliphatic rings. The highest BCUT2D eigenvalue weighted by Crippen LogP contribution is 2.24. The molecule has 1 aromatic heterocycles. The molecule has 4 N–H and O–H groups in total. The van der Waals surface area contributed by atoms with Gasteiger partial charge in [0.15, 0.2) is 5.96 Å². The predicted molar refractivity (Wildman–Crippen MR) is 80.9 cm³/mol. The maximum atomic E-state index is 9.71. The van der Waals surface area contributed by atoms with Gasteiger partial charge >= 0.3 is 0 Å². The number of halogens is 1. The molecule has 5 nitrogen and oxygen atoms in total. The Balaban J connectivity index is 0.00000162. The number of guanidine groups is 1. The molecule has 0 spiro atoms. The molecule has 0 aliphatic heterocycles. The van der Waals surface area contributed by atoms with E-state index in [9.17, 15) is 5.11 Å². The van der Waals surface area contributed by atoms with Gasteiger partial charge in [-0.1, -0.05) is 6.42 Å². The van der Waals surface area contributed by atoms with Crippen LogP contribution in [-0.4, -0.2) is 24.2 Å². The van der Waals surface area contributed by atoms with Crippen LogP contribution in [0.5, 0.6) is 0 Å². The highest BCUT2D eigenvalue weighted by Gasteiger charge is 2.17. The van der Waals surface area contributed by atoms with Gasteiger partial charge in [0.05, 0.1) is 12.8 Å². The number of nitrogens with one attached hydrogen (secondary N) is 1. The normalized spacial score (nSPS) is 17.7. The van der Waals surface area contributed by atoms with E-state index in [-0.39, 0.29) is 30.5 Å². The van der Waals surface area contributed by atoms with Gasteiger partial charge in [0.25, 0.3) is 0 Å². The SMILES string of the molecule is I.NC(=NCC(O)c1ccco1)NCC1CCC1. The summed E-state index contributed by atoms with van der Waals surface area (Å²) in [5.41, 5.74) is 5.70. The average molecular weight is 365 g/mol. The van der Waals surface area contributed by atoms with E-state index in [2.05, 4.69) is 10.3 Å². The Morgan fingerprint density at radius 1 is 1.61 bits per heavy atom. The number of rotatable bonds is 5. The van der Waals surface area contributed by atoms with Gasteiger partial charge in [0, 0.05) is 6.54 Å². The summed E-state index contributed by atoms with van der Waals surface area (Å²) in [6, 6.07) is 3.46. The zero-order valence-corrected chi connectivity index (χ0v) is 12.5. The Hall–Kier alpha value is -0.760. The summed E-state index contributed by atoms with van der Waals surface area (Å²) in [4.78, 5) is 4.08. The first kappa shape index (κ1) is 15.3. The van der Waals surface area contributed by atoms with Crippen molar-refractivity contribution in [3.8, 4) is 0 Å². The van der Waals surface area contributed by atoms with E-state index < -0.39 is 6.10 Å². The molecule has 102 valence electrons. The monoisotopic (exact) mass is 365 g/mol. The molecule has 1 saturated carbocycles. The van der Waals surface area contributed by atoms with Crippen molar-refractivity contribution in [1.29, 1.82) is 0 Å². The smallest absolute Gasteiger partial charge is 0.188 e. The number of hydrogen-bond donors (Lipinski definition) is 3. The van der Waals surface area contributed by atoms with Crippen molar-refractivity contribution in [3.63, 3.8) is 0 Å². The second-order valence-corrected chi connectivity index (χ2v) is 4.43. The third kappa shape index (κ3) is 4.49. The fourth-order valence-electron chi connectivity index (χ4n) is 1.76. The Morgan fingerprint density at radius 2 is 2.39 bits per heavy atom. The van der Waals surface area contributed by atoms with E-state index in [0.29, 0.717) is 11.7 Å². The van der Waals surface area contributed by atoms with E-state index in [1.165, 1.54) is 25.5 Å². The lowest BCUT2D eigenvalue weighted by Crippen LogP contribution is -2.37. The molecule has 1 atom stereocenters. The molecule has 1 aliphatic carbocycles. The van der Waals surface area contributed by atoms with Gasteiger partial charge in [0.1, 0.15) is 11.9 Å². The molecule has 0 saturated heterocycles. The van der Waals surface area contributed by atoms with Gasteiger partial charge in [0.2, 0.25) is 0 Å². The standard InChI is InChI=1S/C12H19N3O2.HI/c13-12(14-7-9-3-1-4-9)15-8-10(16)11-5-2-6-17-11;/h2,5-6,9-10,16H,1,3-4,7-8H2,(H3,13,14,15);1H. The van der Waals surface area contributed by atoms with Crippen molar-refractivity contribution in [1.82, 2.24) is 5.32 Å². The van der Waals surface area contributed by atoms with Gasteiger partial charge in [-0.3, -0.25) is 4.99 Å². The van der Waals surface area contributed by atoms with Crippen molar-refractivity contribution in [2.75, 3.05) is 13.1 Å². The molecule has 1 heterocycles. The molecule has 0 bridgehead atoms. The summed E-state index contributed by atoms with van der Waals surface area (Å²) in [6.07, 6.45) is 4.67. The second kappa shape index (κ2) is 7.63. The first-order valence-corrected chi connectivity index (χ1v) is 6.01. The van der Waals surface area contributed by atoms with Crippen LogP contribution in [0.25, 0.3) is 0 Å². The molecule has 18 heavy (non-hydrogen) atoms. The number of furan rings is 1. The average Bonchev–Trinajstić information content (AvgIpc) is 2.77. The third-order valence-electron chi connectivity index (χ3n) is 3.10. The summed E-state index contributed by atoms with van der Waals surface area (Å²) < 4.78 is 5.07. The molecular weight excluding hydrogens is 345 g/mol. The van der Waals surface area contributed by atoms with Crippen molar-refractivity contribution in [2.24, 2.45) is 16.6 Å². The molecular formula is C12H20IN3O2. The molecule has 0 radical (unpaired) electrons. The molecule has 1 fully saturated rings. The van der Waals surface area contributed by atoms with Crippen molar-refractivity contribution in [2.45, 2.75) is 25.4 Å². The minimum absolute atomic E-state index is 0. The molecule has 2 rings (SSSR count). The van der Waals surface area contributed by atoms with Crippen molar-refractivity contribution < 1.29 is 9.52 Å². The molecule has 1 aromatic rings. The van der Waals surface area contributed by atoms with E-state index in [4.69, 9.17) is 10.2 Å². The topological polar surface area (TPSA) is 83.8 Å². The second-order valence-electron chi connectivity index (χ2n) is 4.43. The number of aliphatic imine (C=N–C) groups is 1. The lowest BCUT2D eigenvalue weighted by Gasteiger charge is -2.25. The number of nitrogens with two attached hydrogens (primary N) is 1. The van der Waals surface area contributed by atoms with Gasteiger partial charge in [-0.2, -0.15) is 0 Å². The first-order valence-electron chi connectivity index (χ1n) is 6.01. The summed E-state index contributed by atoms with van der Waals surface area (Å²) in [6.45, 7) is 1.10. The largest absolute Gasteiger partial charge is 0.467 e. The highest BCUT2D eigenvalue weighted by atomic mass is 127. The summed E-state index contributed by atoms with van der Waals surface area (Å²) in [7, 11) is 0. The first-order chi connectivity index (χ1) is 8.25. The maximum absolute atomic E-state index is 9.71. The fraction of sp³-hybridized carbons (Fsp3) is 0.583. The van der Waals surface area contributed by atoms with E-state index in [1.54, 1.807) is 12.1 Å². The number of aliphatic hydroxyl groups is 1. The quantitative estimate of drug-likeness (QED) is 0.421. The fourth-order valence-corrected chi connectivity index (χ4v) is 1.76. The molecule has 6 heteroatoms. The van der Waals surface area contributed by atoms with Crippen LogP contribution < -0.4 is 11.1 Å². The van der Waals surface area contributed by atoms with Crippen LogP contribution in [0.15, 0.2) is 27.8 Å². The van der Waals surface area contributed by atoms with Gasteiger partial charge in [-0.25, -0.2) is 0 Å². The maximum Gasteiger partial charge on any atom is 0.188 e. The van der Waals surface area contributed by atoms with Gasteiger partial charge in [-0.05, 0) is 30.9 Å². The summed E-state index contributed by atoms with van der Waals surface area (Å²) >= 11 is 0. The molecule has 0 aromatic carbocycles. The Bertz CT molecular complexity index is 363.